The zero-order chi connectivity index (χ0) is 21.6. The van der Waals surface area contributed by atoms with E-state index in [-0.39, 0.29) is 12.5 Å². The highest BCUT2D eigenvalue weighted by atomic mass is 32.2. The molecule has 0 saturated carbocycles. The molecule has 0 bridgehead atoms. The molecule has 0 fully saturated rings. The lowest BCUT2D eigenvalue weighted by Gasteiger charge is -2.18. The first-order valence-corrected chi connectivity index (χ1v) is 10.8. The zero-order valence-corrected chi connectivity index (χ0v) is 17.5. The van der Waals surface area contributed by atoms with Crippen molar-refractivity contribution in [3.8, 4) is 5.75 Å². The maximum Gasteiger partial charge on any atom is 0.338 e. The molecule has 0 aromatic heterocycles. The van der Waals surface area contributed by atoms with Crippen LogP contribution >= 0.6 is 0 Å². The van der Waals surface area contributed by atoms with E-state index in [2.05, 4.69) is 5.32 Å². The Bertz CT molecular complexity index is 955. The Balaban J connectivity index is 1.96. The van der Waals surface area contributed by atoms with Gasteiger partial charge in [-0.05, 0) is 62.4 Å². The van der Waals surface area contributed by atoms with Gasteiger partial charge in [0.1, 0.15) is 5.75 Å². The molecule has 156 valence electrons. The molecule has 8 nitrogen and oxygen atoms in total. The van der Waals surface area contributed by atoms with E-state index in [9.17, 15) is 18.0 Å². The second kappa shape index (κ2) is 9.42. The van der Waals surface area contributed by atoms with Gasteiger partial charge in [0.2, 0.25) is 10.0 Å². The molecule has 29 heavy (non-hydrogen) atoms. The molecule has 0 aliphatic heterocycles. The molecule has 1 amide bonds. The number of carbonyl (C=O) groups excluding carboxylic acids is 2. The lowest BCUT2D eigenvalue weighted by molar-refractivity contribution is -0.122. The van der Waals surface area contributed by atoms with Gasteiger partial charge in [0.15, 0.2) is 6.10 Å². The lowest BCUT2D eigenvalue weighted by Crippen LogP contribution is -2.30. The first-order chi connectivity index (χ1) is 13.6. The minimum Gasteiger partial charge on any atom is -0.481 e. The smallest absolute Gasteiger partial charge is 0.338 e. The summed E-state index contributed by atoms with van der Waals surface area (Å²) in [6.45, 7) is 3.61. The summed E-state index contributed by atoms with van der Waals surface area (Å²) in [6.07, 6.45) is 0.321. The Hall–Kier alpha value is -3.07. The molecular formula is C20H24N2O6S. The van der Waals surface area contributed by atoms with Crippen LogP contribution in [0.5, 0.6) is 5.75 Å². The van der Waals surface area contributed by atoms with Crippen molar-refractivity contribution in [2.45, 2.75) is 20.0 Å². The Morgan fingerprint density at radius 2 is 1.66 bits per heavy atom. The van der Waals surface area contributed by atoms with E-state index in [0.717, 1.165) is 10.6 Å². The number of hydrogen-bond donors (Lipinski definition) is 1. The van der Waals surface area contributed by atoms with Crippen LogP contribution in [0.3, 0.4) is 0 Å². The van der Waals surface area contributed by atoms with Gasteiger partial charge < -0.3 is 14.8 Å². The van der Waals surface area contributed by atoms with Crippen LogP contribution in [0.15, 0.2) is 48.5 Å². The molecule has 9 heteroatoms. The van der Waals surface area contributed by atoms with Crippen molar-refractivity contribution in [3.63, 3.8) is 0 Å². The summed E-state index contributed by atoms with van der Waals surface area (Å²) in [5, 5.41) is 2.71. The van der Waals surface area contributed by atoms with Gasteiger partial charge in [-0.3, -0.25) is 9.10 Å². The van der Waals surface area contributed by atoms with Gasteiger partial charge in [-0.25, -0.2) is 13.2 Å². The van der Waals surface area contributed by atoms with Crippen LogP contribution in [-0.2, 0) is 19.6 Å². The third-order valence-corrected chi connectivity index (χ3v) is 5.25. The van der Waals surface area contributed by atoms with Gasteiger partial charge >= 0.3 is 5.97 Å². The number of nitrogens with one attached hydrogen (secondary N) is 1. The maximum absolute atomic E-state index is 12.3. The Morgan fingerprint density at radius 3 is 2.17 bits per heavy atom. The van der Waals surface area contributed by atoms with E-state index >= 15 is 0 Å². The van der Waals surface area contributed by atoms with E-state index in [1.807, 2.05) is 0 Å². The molecule has 2 aromatic rings. The maximum atomic E-state index is 12.3. The van der Waals surface area contributed by atoms with Crippen LogP contribution in [0, 0.1) is 0 Å². The Labute approximate surface area is 170 Å². The standard InChI is InChI=1S/C20H24N2O6S/c1-5-27-20(24)15-6-8-16(9-7-15)21-19(23)14(2)28-18-12-10-17(11-13-18)22(3)29(4,25)26/h6-14H,5H2,1-4H3,(H,21,23). The number of carbonyl (C=O) groups is 2. The number of rotatable bonds is 8. The van der Waals surface area contributed by atoms with Gasteiger partial charge in [0, 0.05) is 12.7 Å². The monoisotopic (exact) mass is 420 g/mol. The molecular weight excluding hydrogens is 396 g/mol. The van der Waals surface area contributed by atoms with Gasteiger partial charge in [-0.15, -0.1) is 0 Å². The summed E-state index contributed by atoms with van der Waals surface area (Å²) in [5.74, 6) is -0.366. The average molecular weight is 420 g/mol. The highest BCUT2D eigenvalue weighted by molar-refractivity contribution is 7.92. The molecule has 0 saturated heterocycles. The summed E-state index contributed by atoms with van der Waals surface area (Å²) >= 11 is 0. The molecule has 1 unspecified atom stereocenters. The number of anilines is 2. The Morgan fingerprint density at radius 1 is 1.07 bits per heavy atom. The molecule has 0 heterocycles. The number of ether oxygens (including phenoxy) is 2. The first kappa shape index (κ1) is 22.2. The Kier molecular flexibility index (Phi) is 7.22. The van der Waals surface area contributed by atoms with Crippen molar-refractivity contribution in [2.24, 2.45) is 0 Å². The summed E-state index contributed by atoms with van der Waals surface area (Å²) in [4.78, 5) is 24.0. The van der Waals surface area contributed by atoms with Gasteiger partial charge in [-0.1, -0.05) is 0 Å². The van der Waals surface area contributed by atoms with Crippen molar-refractivity contribution in [2.75, 3.05) is 29.5 Å². The van der Waals surface area contributed by atoms with Gasteiger partial charge in [0.25, 0.3) is 5.91 Å². The van der Waals surface area contributed by atoms with Crippen LogP contribution in [-0.4, -0.2) is 46.3 Å². The summed E-state index contributed by atoms with van der Waals surface area (Å²) in [7, 11) is -1.90. The predicted molar refractivity (Wildman–Crippen MR) is 111 cm³/mol. The number of benzene rings is 2. The highest BCUT2D eigenvalue weighted by Gasteiger charge is 2.16. The van der Waals surface area contributed by atoms with Crippen molar-refractivity contribution in [3.05, 3.63) is 54.1 Å². The molecule has 2 rings (SSSR count). The van der Waals surface area contributed by atoms with Crippen LogP contribution in [0.4, 0.5) is 11.4 Å². The van der Waals surface area contributed by atoms with Crippen LogP contribution in [0.2, 0.25) is 0 Å². The molecule has 0 radical (unpaired) electrons. The van der Waals surface area contributed by atoms with Crippen LogP contribution < -0.4 is 14.4 Å². The molecule has 2 aromatic carbocycles. The number of sulfonamides is 1. The van der Waals surface area contributed by atoms with E-state index in [1.165, 1.54) is 7.05 Å². The average Bonchev–Trinajstić information content (AvgIpc) is 2.68. The predicted octanol–water partition coefficient (Wildman–Crippen LogP) is 2.67. The minimum atomic E-state index is -3.35. The number of nitrogens with zero attached hydrogens (tertiary/aromatic N) is 1. The normalized spacial score (nSPS) is 12.0. The molecule has 1 N–H and O–H groups in total. The van der Waals surface area contributed by atoms with Crippen molar-refractivity contribution >= 4 is 33.3 Å². The second-order valence-corrected chi connectivity index (χ2v) is 8.29. The van der Waals surface area contributed by atoms with E-state index < -0.39 is 22.1 Å². The zero-order valence-electron chi connectivity index (χ0n) is 16.7. The SMILES string of the molecule is CCOC(=O)c1ccc(NC(=O)C(C)Oc2ccc(N(C)S(C)(=O)=O)cc2)cc1. The molecule has 1 atom stereocenters. The summed E-state index contributed by atoms with van der Waals surface area (Å²) < 4.78 is 34.8. The fourth-order valence-corrected chi connectivity index (χ4v) is 2.84. The fraction of sp³-hybridized carbons (Fsp3) is 0.300. The second-order valence-electron chi connectivity index (χ2n) is 6.27. The summed E-state index contributed by atoms with van der Waals surface area (Å²) in [6, 6.07) is 12.7. The minimum absolute atomic E-state index is 0.289. The van der Waals surface area contributed by atoms with E-state index in [4.69, 9.17) is 9.47 Å². The number of esters is 1. The highest BCUT2D eigenvalue weighted by Crippen LogP contribution is 2.21. The summed E-state index contributed by atoms with van der Waals surface area (Å²) in [5.41, 5.74) is 1.40. The first-order valence-electron chi connectivity index (χ1n) is 8.90. The van der Waals surface area contributed by atoms with E-state index in [1.54, 1.807) is 62.4 Å². The number of hydrogen-bond acceptors (Lipinski definition) is 6. The molecule has 0 aliphatic rings. The largest absolute Gasteiger partial charge is 0.481 e. The topological polar surface area (TPSA) is 102 Å². The van der Waals surface area contributed by atoms with Crippen LogP contribution in [0.1, 0.15) is 24.2 Å². The molecule has 0 spiro atoms. The van der Waals surface area contributed by atoms with Gasteiger partial charge in [0.05, 0.1) is 24.1 Å². The number of amides is 1. The van der Waals surface area contributed by atoms with Crippen LogP contribution in [0.25, 0.3) is 0 Å². The van der Waals surface area contributed by atoms with Crippen molar-refractivity contribution in [1.82, 2.24) is 0 Å². The quantitative estimate of drug-likeness (QED) is 0.659. The third-order valence-electron chi connectivity index (χ3n) is 4.04. The van der Waals surface area contributed by atoms with Gasteiger partial charge in [-0.2, -0.15) is 0 Å². The third kappa shape index (κ3) is 6.21. The lowest BCUT2D eigenvalue weighted by atomic mass is 10.2. The van der Waals surface area contributed by atoms with E-state index in [0.29, 0.717) is 22.7 Å². The van der Waals surface area contributed by atoms with Crippen molar-refractivity contribution in [1.29, 1.82) is 0 Å². The molecule has 0 aliphatic carbocycles. The van der Waals surface area contributed by atoms with Crippen molar-refractivity contribution < 1.29 is 27.5 Å². The fourth-order valence-electron chi connectivity index (χ4n) is 2.33.